The first-order chi connectivity index (χ1) is 12.6. The Balaban J connectivity index is 0.00000261. The number of hydrogen-bond acceptors (Lipinski definition) is 4. The number of amides is 1. The number of piperazine rings is 1. The van der Waals surface area contributed by atoms with Crippen molar-refractivity contribution >= 4 is 29.9 Å². The molecule has 27 heavy (non-hydrogen) atoms. The summed E-state index contributed by atoms with van der Waals surface area (Å²) < 4.78 is 11.3. The van der Waals surface area contributed by atoms with Crippen molar-refractivity contribution in [3.63, 3.8) is 0 Å². The van der Waals surface area contributed by atoms with Gasteiger partial charge in [0.25, 0.3) is 5.91 Å². The van der Waals surface area contributed by atoms with Crippen LogP contribution in [-0.2, 0) is 6.61 Å². The molecule has 7 heteroatoms. The van der Waals surface area contributed by atoms with Gasteiger partial charge in [-0.2, -0.15) is 0 Å². The second-order valence-corrected chi connectivity index (χ2v) is 6.70. The number of carbonyl (C=O) groups is 1. The third-order valence-electron chi connectivity index (χ3n) is 4.51. The van der Waals surface area contributed by atoms with E-state index in [-0.39, 0.29) is 24.4 Å². The Bertz CT molecular complexity index is 786. The van der Waals surface area contributed by atoms with E-state index < -0.39 is 0 Å². The SMILES string of the molecule is COc1cc(C(=O)N2CCNC[C@H]2C)ccc1OCc1ccccc1Cl.Cl. The average molecular weight is 411 g/mol. The minimum Gasteiger partial charge on any atom is -0.493 e. The maximum Gasteiger partial charge on any atom is 0.254 e. The van der Waals surface area contributed by atoms with Gasteiger partial charge in [0.2, 0.25) is 0 Å². The number of ether oxygens (including phenoxy) is 2. The van der Waals surface area contributed by atoms with E-state index in [2.05, 4.69) is 5.32 Å². The van der Waals surface area contributed by atoms with Gasteiger partial charge >= 0.3 is 0 Å². The molecule has 0 aromatic heterocycles. The Morgan fingerprint density at radius 2 is 2.04 bits per heavy atom. The van der Waals surface area contributed by atoms with E-state index in [9.17, 15) is 4.79 Å². The molecule has 2 aromatic carbocycles. The van der Waals surface area contributed by atoms with E-state index in [0.29, 0.717) is 35.2 Å². The highest BCUT2D eigenvalue weighted by molar-refractivity contribution is 6.31. The first-order valence-electron chi connectivity index (χ1n) is 8.66. The van der Waals surface area contributed by atoms with Gasteiger partial charge in [-0.05, 0) is 31.2 Å². The van der Waals surface area contributed by atoms with Crippen LogP contribution < -0.4 is 14.8 Å². The fraction of sp³-hybridized carbons (Fsp3) is 0.350. The second-order valence-electron chi connectivity index (χ2n) is 6.30. The van der Waals surface area contributed by atoms with Crippen molar-refractivity contribution in [1.82, 2.24) is 10.2 Å². The van der Waals surface area contributed by atoms with Crippen LogP contribution in [0.1, 0.15) is 22.8 Å². The smallest absolute Gasteiger partial charge is 0.254 e. The second kappa shape index (κ2) is 9.83. The quantitative estimate of drug-likeness (QED) is 0.814. The Labute approximate surface area is 171 Å². The zero-order chi connectivity index (χ0) is 18.5. The summed E-state index contributed by atoms with van der Waals surface area (Å²) in [6, 6.07) is 13.0. The highest BCUT2D eigenvalue weighted by Crippen LogP contribution is 2.30. The molecule has 3 rings (SSSR count). The van der Waals surface area contributed by atoms with Gasteiger partial charge < -0.3 is 19.7 Å². The zero-order valence-electron chi connectivity index (χ0n) is 15.4. The number of hydrogen-bond donors (Lipinski definition) is 1. The topological polar surface area (TPSA) is 50.8 Å². The average Bonchev–Trinajstić information content (AvgIpc) is 2.67. The highest BCUT2D eigenvalue weighted by atomic mass is 35.5. The normalized spacial score (nSPS) is 16.4. The molecule has 1 atom stereocenters. The van der Waals surface area contributed by atoms with Crippen LogP contribution in [0.15, 0.2) is 42.5 Å². The number of methoxy groups -OCH3 is 1. The Morgan fingerprint density at radius 3 is 2.74 bits per heavy atom. The summed E-state index contributed by atoms with van der Waals surface area (Å²) >= 11 is 6.16. The number of nitrogens with one attached hydrogen (secondary N) is 1. The van der Waals surface area contributed by atoms with Crippen molar-refractivity contribution in [3.05, 3.63) is 58.6 Å². The maximum atomic E-state index is 12.8. The van der Waals surface area contributed by atoms with Crippen molar-refractivity contribution in [2.75, 3.05) is 26.7 Å². The highest BCUT2D eigenvalue weighted by Gasteiger charge is 2.24. The van der Waals surface area contributed by atoms with Crippen LogP contribution in [0.5, 0.6) is 11.5 Å². The lowest BCUT2D eigenvalue weighted by atomic mass is 10.1. The molecule has 146 valence electrons. The van der Waals surface area contributed by atoms with E-state index in [4.69, 9.17) is 21.1 Å². The minimum atomic E-state index is 0. The molecule has 1 aliphatic rings. The van der Waals surface area contributed by atoms with Gasteiger partial charge in [0, 0.05) is 41.8 Å². The number of halogens is 2. The van der Waals surface area contributed by atoms with Gasteiger partial charge in [-0.25, -0.2) is 0 Å². The van der Waals surface area contributed by atoms with Crippen LogP contribution >= 0.6 is 24.0 Å². The van der Waals surface area contributed by atoms with Gasteiger partial charge in [0.15, 0.2) is 11.5 Å². The summed E-state index contributed by atoms with van der Waals surface area (Å²) in [6.45, 7) is 4.70. The largest absolute Gasteiger partial charge is 0.493 e. The van der Waals surface area contributed by atoms with Gasteiger partial charge in [-0.3, -0.25) is 4.79 Å². The Morgan fingerprint density at radius 1 is 1.26 bits per heavy atom. The van der Waals surface area contributed by atoms with Gasteiger partial charge in [0.05, 0.1) is 7.11 Å². The number of nitrogens with zero attached hydrogens (tertiary/aromatic N) is 1. The van der Waals surface area contributed by atoms with Gasteiger partial charge in [-0.15, -0.1) is 12.4 Å². The molecular weight excluding hydrogens is 387 g/mol. The molecule has 0 unspecified atom stereocenters. The lowest BCUT2D eigenvalue weighted by Crippen LogP contribution is -2.52. The monoisotopic (exact) mass is 410 g/mol. The molecule has 2 aromatic rings. The molecule has 0 bridgehead atoms. The van der Waals surface area contributed by atoms with Gasteiger partial charge in [-0.1, -0.05) is 29.8 Å². The zero-order valence-corrected chi connectivity index (χ0v) is 17.0. The summed E-state index contributed by atoms with van der Waals surface area (Å²) in [5.74, 6) is 1.12. The molecule has 1 saturated heterocycles. The standard InChI is InChI=1S/C20H23ClN2O3.ClH/c1-14-12-22-9-10-23(14)20(24)15-7-8-18(19(11-15)25-2)26-13-16-5-3-4-6-17(16)21;/h3-8,11,14,22H,9-10,12-13H2,1-2H3;1H/t14-;/m1./s1. The van der Waals surface area contributed by atoms with Crippen molar-refractivity contribution in [3.8, 4) is 11.5 Å². The van der Waals surface area contributed by atoms with Crippen LogP contribution in [0.3, 0.4) is 0 Å². The predicted octanol–water partition coefficient (Wildman–Crippen LogP) is 3.78. The summed E-state index contributed by atoms with van der Waals surface area (Å²) in [7, 11) is 1.57. The fourth-order valence-corrected chi connectivity index (χ4v) is 3.19. The Hall–Kier alpha value is -1.95. The number of rotatable bonds is 5. The molecule has 0 radical (unpaired) electrons. The molecule has 0 aliphatic carbocycles. The van der Waals surface area contributed by atoms with Crippen molar-refractivity contribution in [2.24, 2.45) is 0 Å². The van der Waals surface area contributed by atoms with E-state index in [1.165, 1.54) is 0 Å². The maximum absolute atomic E-state index is 12.8. The molecule has 1 amide bonds. The predicted molar refractivity (Wildman–Crippen MR) is 109 cm³/mol. The van der Waals surface area contributed by atoms with Crippen LogP contribution in [0.2, 0.25) is 5.02 Å². The first-order valence-corrected chi connectivity index (χ1v) is 9.04. The number of benzene rings is 2. The number of carbonyl (C=O) groups excluding carboxylic acids is 1. The molecular formula is C20H24Cl2N2O3. The van der Waals surface area contributed by atoms with Crippen molar-refractivity contribution < 1.29 is 14.3 Å². The summed E-state index contributed by atoms with van der Waals surface area (Å²) in [6.07, 6.45) is 0. The van der Waals surface area contributed by atoms with E-state index in [1.54, 1.807) is 25.3 Å². The lowest BCUT2D eigenvalue weighted by molar-refractivity contribution is 0.0655. The van der Waals surface area contributed by atoms with E-state index in [0.717, 1.165) is 18.7 Å². The summed E-state index contributed by atoms with van der Waals surface area (Å²) in [5, 5.41) is 3.95. The third kappa shape index (κ3) is 5.06. The van der Waals surface area contributed by atoms with Crippen molar-refractivity contribution in [2.45, 2.75) is 19.6 Å². The minimum absolute atomic E-state index is 0. The lowest BCUT2D eigenvalue weighted by Gasteiger charge is -2.34. The van der Waals surface area contributed by atoms with Crippen LogP contribution in [-0.4, -0.2) is 43.6 Å². The van der Waals surface area contributed by atoms with Crippen molar-refractivity contribution in [1.29, 1.82) is 0 Å². The van der Waals surface area contributed by atoms with E-state index in [1.807, 2.05) is 36.1 Å². The van der Waals surface area contributed by atoms with Crippen LogP contribution in [0.4, 0.5) is 0 Å². The van der Waals surface area contributed by atoms with E-state index >= 15 is 0 Å². The van der Waals surface area contributed by atoms with Crippen LogP contribution in [0.25, 0.3) is 0 Å². The molecule has 0 spiro atoms. The molecule has 0 saturated carbocycles. The molecule has 1 N–H and O–H groups in total. The molecule has 1 aliphatic heterocycles. The first kappa shape index (κ1) is 21.4. The summed E-state index contributed by atoms with van der Waals surface area (Å²) in [4.78, 5) is 14.7. The molecule has 1 heterocycles. The summed E-state index contributed by atoms with van der Waals surface area (Å²) in [5.41, 5.74) is 1.49. The third-order valence-corrected chi connectivity index (χ3v) is 4.88. The molecule has 1 fully saturated rings. The fourth-order valence-electron chi connectivity index (χ4n) is 3.00. The Kier molecular flexibility index (Phi) is 7.78. The molecule has 5 nitrogen and oxygen atoms in total. The van der Waals surface area contributed by atoms with Crippen LogP contribution in [0, 0.1) is 0 Å². The van der Waals surface area contributed by atoms with Gasteiger partial charge in [0.1, 0.15) is 6.61 Å².